The van der Waals surface area contributed by atoms with E-state index < -0.39 is 11.3 Å². The van der Waals surface area contributed by atoms with Crippen LogP contribution >= 0.6 is 11.6 Å². The topological polar surface area (TPSA) is 37.3 Å². The molecule has 76 valence electrons. The number of aryl methyl sites for hydroxylation is 2. The molecule has 0 aromatic heterocycles. The van der Waals surface area contributed by atoms with E-state index in [0.29, 0.717) is 0 Å². The van der Waals surface area contributed by atoms with Crippen LogP contribution in [0.4, 0.5) is 0 Å². The van der Waals surface area contributed by atoms with E-state index in [4.69, 9.17) is 16.7 Å². The smallest absolute Gasteiger partial charge is 0.305 e. The maximum Gasteiger partial charge on any atom is 0.305 e. The highest BCUT2D eigenvalue weighted by Crippen LogP contribution is 2.27. The molecule has 0 saturated heterocycles. The van der Waals surface area contributed by atoms with Gasteiger partial charge in [0.25, 0.3) is 0 Å². The molecule has 1 aromatic rings. The van der Waals surface area contributed by atoms with Gasteiger partial charge in [-0.25, -0.2) is 0 Å². The first-order valence-corrected chi connectivity index (χ1v) is 4.87. The fraction of sp³-hybridized carbons (Fsp3) is 0.364. The van der Waals surface area contributed by atoms with Gasteiger partial charge in [-0.15, -0.1) is 11.6 Å². The number of hydrogen-bond acceptors (Lipinski definition) is 1. The Hall–Kier alpha value is -1.02. The van der Waals surface area contributed by atoms with Crippen molar-refractivity contribution in [3.8, 4) is 0 Å². The van der Waals surface area contributed by atoms with E-state index >= 15 is 0 Å². The zero-order valence-corrected chi connectivity index (χ0v) is 9.01. The summed E-state index contributed by atoms with van der Waals surface area (Å²) in [6.07, 6.45) is -0.0359. The van der Waals surface area contributed by atoms with Crippen LogP contribution in [0.25, 0.3) is 0 Å². The number of hydrogen-bond donors (Lipinski definition) is 1. The number of carboxylic acid groups (broad SMARTS) is 1. The molecule has 0 spiro atoms. The van der Waals surface area contributed by atoms with Crippen LogP contribution in [0.2, 0.25) is 0 Å². The van der Waals surface area contributed by atoms with Gasteiger partial charge in [0.2, 0.25) is 0 Å². The predicted octanol–water partition coefficient (Wildman–Crippen LogP) is 3.06. The minimum Gasteiger partial charge on any atom is -0.481 e. The summed E-state index contributed by atoms with van der Waals surface area (Å²) in [5.74, 6) is -0.870. The lowest BCUT2D eigenvalue weighted by Crippen LogP contribution is -2.02. The van der Waals surface area contributed by atoms with Crippen LogP contribution in [0.15, 0.2) is 18.2 Å². The van der Waals surface area contributed by atoms with Crippen molar-refractivity contribution in [2.45, 2.75) is 25.6 Å². The number of rotatable bonds is 3. The van der Waals surface area contributed by atoms with Gasteiger partial charge < -0.3 is 5.11 Å². The van der Waals surface area contributed by atoms with Gasteiger partial charge in [0, 0.05) is 0 Å². The first-order valence-electron chi connectivity index (χ1n) is 4.43. The van der Waals surface area contributed by atoms with Gasteiger partial charge in [0.05, 0.1) is 11.8 Å². The van der Waals surface area contributed by atoms with Crippen LogP contribution in [0, 0.1) is 13.8 Å². The molecule has 2 nitrogen and oxygen atoms in total. The van der Waals surface area contributed by atoms with E-state index in [1.807, 2.05) is 32.0 Å². The molecule has 0 saturated carbocycles. The Bertz CT molecular complexity index is 347. The quantitative estimate of drug-likeness (QED) is 0.782. The van der Waals surface area contributed by atoms with Crippen molar-refractivity contribution in [2.75, 3.05) is 0 Å². The predicted molar refractivity (Wildman–Crippen MR) is 56.8 cm³/mol. The zero-order chi connectivity index (χ0) is 10.7. The molecule has 0 aliphatic carbocycles. The summed E-state index contributed by atoms with van der Waals surface area (Å²) in [7, 11) is 0. The highest BCUT2D eigenvalue weighted by atomic mass is 35.5. The number of carboxylic acids is 1. The number of carbonyl (C=O) groups is 1. The lowest BCUT2D eigenvalue weighted by atomic mass is 10.0. The zero-order valence-electron chi connectivity index (χ0n) is 8.25. The lowest BCUT2D eigenvalue weighted by Gasteiger charge is -2.11. The van der Waals surface area contributed by atoms with Crippen molar-refractivity contribution < 1.29 is 9.90 Å². The molecule has 0 radical (unpaired) electrons. The van der Waals surface area contributed by atoms with Crippen molar-refractivity contribution in [1.29, 1.82) is 0 Å². The van der Waals surface area contributed by atoms with E-state index in [-0.39, 0.29) is 6.42 Å². The Morgan fingerprint density at radius 2 is 2.14 bits per heavy atom. The molecule has 0 aliphatic heterocycles. The summed E-state index contributed by atoms with van der Waals surface area (Å²) in [4.78, 5) is 10.5. The average molecular weight is 213 g/mol. The number of halogens is 1. The Morgan fingerprint density at radius 1 is 1.50 bits per heavy atom. The van der Waals surface area contributed by atoms with E-state index in [1.54, 1.807) is 0 Å². The summed E-state index contributed by atoms with van der Waals surface area (Å²) in [5.41, 5.74) is 3.05. The van der Waals surface area contributed by atoms with Gasteiger partial charge in [-0.1, -0.05) is 23.8 Å². The van der Waals surface area contributed by atoms with Gasteiger partial charge >= 0.3 is 5.97 Å². The SMILES string of the molecule is Cc1ccc(C)c(C(Cl)CC(=O)O)c1. The van der Waals surface area contributed by atoms with E-state index in [9.17, 15) is 4.79 Å². The second kappa shape index (κ2) is 4.47. The first kappa shape index (κ1) is 11.1. The van der Waals surface area contributed by atoms with Crippen LogP contribution in [-0.2, 0) is 4.79 Å². The first-order chi connectivity index (χ1) is 6.50. The van der Waals surface area contributed by atoms with E-state index in [0.717, 1.165) is 16.7 Å². The van der Waals surface area contributed by atoms with Gasteiger partial charge in [-0.3, -0.25) is 4.79 Å². The van der Waals surface area contributed by atoms with Crippen molar-refractivity contribution >= 4 is 17.6 Å². The van der Waals surface area contributed by atoms with Crippen molar-refractivity contribution in [1.82, 2.24) is 0 Å². The van der Waals surface area contributed by atoms with E-state index in [2.05, 4.69) is 0 Å². The van der Waals surface area contributed by atoms with E-state index in [1.165, 1.54) is 0 Å². The maximum atomic E-state index is 10.5. The molecule has 3 heteroatoms. The second-order valence-corrected chi connectivity index (χ2v) is 3.95. The molecule has 1 N–H and O–H groups in total. The van der Waals surface area contributed by atoms with Gasteiger partial charge in [0.1, 0.15) is 0 Å². The molecular weight excluding hydrogens is 200 g/mol. The van der Waals surface area contributed by atoms with Gasteiger partial charge in [0.15, 0.2) is 0 Å². The van der Waals surface area contributed by atoms with Crippen molar-refractivity contribution in [3.63, 3.8) is 0 Å². The Morgan fingerprint density at radius 3 is 2.71 bits per heavy atom. The summed E-state index contributed by atoms with van der Waals surface area (Å²) >= 11 is 6.00. The van der Waals surface area contributed by atoms with Crippen molar-refractivity contribution in [3.05, 3.63) is 34.9 Å². The maximum absolute atomic E-state index is 10.5. The molecule has 1 atom stereocenters. The second-order valence-electron chi connectivity index (χ2n) is 3.43. The summed E-state index contributed by atoms with van der Waals surface area (Å²) < 4.78 is 0. The molecule has 1 unspecified atom stereocenters. The largest absolute Gasteiger partial charge is 0.481 e. The van der Waals surface area contributed by atoms with Crippen LogP contribution in [0.1, 0.15) is 28.5 Å². The van der Waals surface area contributed by atoms with Crippen LogP contribution in [0.5, 0.6) is 0 Å². The fourth-order valence-corrected chi connectivity index (χ4v) is 1.73. The molecule has 0 fully saturated rings. The molecule has 1 rings (SSSR count). The Labute approximate surface area is 88.5 Å². The van der Waals surface area contributed by atoms with Crippen LogP contribution in [-0.4, -0.2) is 11.1 Å². The monoisotopic (exact) mass is 212 g/mol. The van der Waals surface area contributed by atoms with Crippen molar-refractivity contribution in [2.24, 2.45) is 0 Å². The summed E-state index contributed by atoms with van der Waals surface area (Å²) in [6, 6.07) is 5.89. The molecule has 0 bridgehead atoms. The Balaban J connectivity index is 2.93. The third-order valence-corrected chi connectivity index (χ3v) is 2.52. The highest BCUT2D eigenvalue weighted by Gasteiger charge is 2.14. The number of aliphatic carboxylic acids is 1. The van der Waals surface area contributed by atoms with Gasteiger partial charge in [-0.05, 0) is 25.0 Å². The molecule has 14 heavy (non-hydrogen) atoms. The average Bonchev–Trinajstić information content (AvgIpc) is 2.08. The minimum absolute atomic E-state index is 0.0359. The molecular formula is C11H13ClO2. The molecule has 1 aromatic carbocycles. The van der Waals surface area contributed by atoms with Crippen LogP contribution in [0.3, 0.4) is 0 Å². The minimum atomic E-state index is -0.870. The Kier molecular flexibility index (Phi) is 3.53. The molecule has 0 amide bonds. The third kappa shape index (κ3) is 2.74. The normalized spacial score (nSPS) is 12.5. The number of benzene rings is 1. The summed E-state index contributed by atoms with van der Waals surface area (Å²) in [5, 5.41) is 8.18. The molecule has 0 aliphatic rings. The van der Waals surface area contributed by atoms with Crippen LogP contribution < -0.4 is 0 Å². The highest BCUT2D eigenvalue weighted by molar-refractivity contribution is 6.21. The number of alkyl halides is 1. The summed E-state index contributed by atoms with van der Waals surface area (Å²) in [6.45, 7) is 3.90. The lowest BCUT2D eigenvalue weighted by molar-refractivity contribution is -0.137. The third-order valence-electron chi connectivity index (χ3n) is 2.13. The van der Waals surface area contributed by atoms with Gasteiger partial charge in [-0.2, -0.15) is 0 Å². The standard InChI is InChI=1S/C11H13ClO2/c1-7-3-4-8(2)9(5-7)10(12)6-11(13)14/h3-5,10H,6H2,1-2H3,(H,13,14). The molecule has 0 heterocycles. The fourth-order valence-electron chi connectivity index (χ4n) is 1.36.